The number of hydrogen-bond donors (Lipinski definition) is 1. The van der Waals surface area contributed by atoms with Crippen LogP contribution in [0, 0.1) is 17.5 Å². The van der Waals surface area contributed by atoms with E-state index in [1.807, 2.05) is 0 Å². The minimum atomic E-state index is -1.34. The van der Waals surface area contributed by atoms with E-state index >= 15 is 0 Å². The second-order valence-electron chi connectivity index (χ2n) is 4.62. The Morgan fingerprint density at radius 1 is 0.952 bits per heavy atom. The maximum Gasteiger partial charge on any atom is 0.257 e. The van der Waals surface area contributed by atoms with Crippen LogP contribution in [-0.4, -0.2) is 54.3 Å². The number of nitrogens with two attached hydrogens (primary N) is 1. The molecule has 1 saturated heterocycles. The van der Waals surface area contributed by atoms with Crippen LogP contribution in [0.5, 0.6) is 0 Å². The Morgan fingerprint density at radius 2 is 1.48 bits per heavy atom. The number of carbonyl (C=O) groups is 2. The Kier molecular flexibility index (Phi) is 4.46. The molecule has 0 unspecified atom stereocenters. The maximum absolute atomic E-state index is 13.6. The van der Waals surface area contributed by atoms with Gasteiger partial charge in [0.1, 0.15) is 5.82 Å². The van der Waals surface area contributed by atoms with Crippen molar-refractivity contribution in [3.05, 3.63) is 35.1 Å². The maximum atomic E-state index is 13.6. The van der Waals surface area contributed by atoms with Gasteiger partial charge in [0.05, 0.1) is 12.1 Å². The lowest BCUT2D eigenvalue weighted by Crippen LogP contribution is -2.52. The van der Waals surface area contributed by atoms with Crippen LogP contribution in [0.15, 0.2) is 12.1 Å². The highest BCUT2D eigenvalue weighted by atomic mass is 19.2. The lowest BCUT2D eigenvalue weighted by molar-refractivity contribution is -0.131. The zero-order chi connectivity index (χ0) is 15.6. The van der Waals surface area contributed by atoms with Crippen LogP contribution in [0.3, 0.4) is 0 Å². The van der Waals surface area contributed by atoms with Crippen molar-refractivity contribution in [3.63, 3.8) is 0 Å². The van der Waals surface area contributed by atoms with Gasteiger partial charge < -0.3 is 15.5 Å². The molecular formula is C13H14F3N3O2. The van der Waals surface area contributed by atoms with Gasteiger partial charge in [0.25, 0.3) is 5.91 Å². The number of rotatable bonds is 2. The molecule has 2 amide bonds. The van der Waals surface area contributed by atoms with Crippen LogP contribution in [0.25, 0.3) is 0 Å². The molecule has 21 heavy (non-hydrogen) atoms. The van der Waals surface area contributed by atoms with E-state index < -0.39 is 28.9 Å². The summed E-state index contributed by atoms with van der Waals surface area (Å²) in [5.41, 5.74) is 4.72. The molecule has 1 aromatic rings. The number of piperazine rings is 1. The zero-order valence-corrected chi connectivity index (χ0v) is 11.1. The summed E-state index contributed by atoms with van der Waals surface area (Å²) in [4.78, 5) is 26.3. The molecule has 114 valence electrons. The summed E-state index contributed by atoms with van der Waals surface area (Å²) in [6.45, 7) is 0.790. The minimum absolute atomic E-state index is 0.119. The first-order chi connectivity index (χ1) is 9.93. The van der Waals surface area contributed by atoms with E-state index in [4.69, 9.17) is 5.73 Å². The number of benzene rings is 1. The third-order valence-electron chi connectivity index (χ3n) is 3.33. The topological polar surface area (TPSA) is 66.6 Å². The van der Waals surface area contributed by atoms with Crippen LogP contribution in [0.1, 0.15) is 10.4 Å². The van der Waals surface area contributed by atoms with Crippen LogP contribution in [0.4, 0.5) is 13.2 Å². The van der Waals surface area contributed by atoms with Crippen molar-refractivity contribution in [1.29, 1.82) is 0 Å². The summed E-state index contributed by atoms with van der Waals surface area (Å²) in [7, 11) is 0. The number of nitrogens with zero attached hydrogens (tertiary/aromatic N) is 2. The molecule has 8 heteroatoms. The predicted octanol–water partition coefficient (Wildman–Crippen LogP) is 0.347. The van der Waals surface area contributed by atoms with Crippen molar-refractivity contribution < 1.29 is 22.8 Å². The average molecular weight is 301 g/mol. The fraction of sp³-hybridized carbons (Fsp3) is 0.385. The predicted molar refractivity (Wildman–Crippen MR) is 67.9 cm³/mol. The van der Waals surface area contributed by atoms with Gasteiger partial charge in [0, 0.05) is 32.2 Å². The van der Waals surface area contributed by atoms with E-state index in [2.05, 4.69) is 0 Å². The fourth-order valence-electron chi connectivity index (χ4n) is 2.14. The Bertz CT molecular complexity index is 572. The summed E-state index contributed by atoms with van der Waals surface area (Å²) in [6.07, 6.45) is 0. The van der Waals surface area contributed by atoms with Gasteiger partial charge in [-0.2, -0.15) is 0 Å². The average Bonchev–Trinajstić information content (AvgIpc) is 2.49. The summed E-state index contributed by atoms with van der Waals surface area (Å²) in [5, 5.41) is 0. The quantitative estimate of drug-likeness (QED) is 0.802. The first-order valence-electron chi connectivity index (χ1n) is 6.35. The Labute approximate surface area is 119 Å². The van der Waals surface area contributed by atoms with Gasteiger partial charge in [-0.15, -0.1) is 0 Å². The molecule has 2 rings (SSSR count). The molecule has 1 aromatic carbocycles. The molecule has 1 aliphatic heterocycles. The van der Waals surface area contributed by atoms with Gasteiger partial charge in [-0.25, -0.2) is 13.2 Å². The van der Waals surface area contributed by atoms with Crippen molar-refractivity contribution in [2.75, 3.05) is 32.7 Å². The Hall–Kier alpha value is -2.09. The molecule has 0 aliphatic carbocycles. The molecule has 2 N–H and O–H groups in total. The van der Waals surface area contributed by atoms with E-state index in [0.29, 0.717) is 12.1 Å². The Balaban J connectivity index is 2.09. The molecule has 1 aliphatic rings. The molecule has 1 heterocycles. The van der Waals surface area contributed by atoms with Crippen LogP contribution >= 0.6 is 0 Å². The van der Waals surface area contributed by atoms with E-state index in [9.17, 15) is 22.8 Å². The number of hydrogen-bond acceptors (Lipinski definition) is 3. The van der Waals surface area contributed by atoms with Gasteiger partial charge >= 0.3 is 0 Å². The summed E-state index contributed by atoms with van der Waals surface area (Å²) < 4.78 is 39.5. The van der Waals surface area contributed by atoms with E-state index in [1.54, 1.807) is 0 Å². The number of halogens is 3. The third kappa shape index (κ3) is 3.15. The monoisotopic (exact) mass is 301 g/mol. The van der Waals surface area contributed by atoms with Crippen molar-refractivity contribution in [2.24, 2.45) is 5.73 Å². The van der Waals surface area contributed by atoms with E-state index in [0.717, 1.165) is 0 Å². The highest BCUT2D eigenvalue weighted by Crippen LogP contribution is 2.16. The third-order valence-corrected chi connectivity index (χ3v) is 3.33. The summed E-state index contributed by atoms with van der Waals surface area (Å²) >= 11 is 0. The molecule has 5 nitrogen and oxygen atoms in total. The zero-order valence-electron chi connectivity index (χ0n) is 11.1. The fourth-order valence-corrected chi connectivity index (χ4v) is 2.14. The molecule has 0 bridgehead atoms. The Morgan fingerprint density at radius 3 is 2.05 bits per heavy atom. The van der Waals surface area contributed by atoms with Crippen LogP contribution < -0.4 is 5.73 Å². The van der Waals surface area contributed by atoms with Gasteiger partial charge in [-0.3, -0.25) is 9.59 Å². The van der Waals surface area contributed by atoms with Crippen LogP contribution in [0.2, 0.25) is 0 Å². The second-order valence-corrected chi connectivity index (χ2v) is 4.62. The van der Waals surface area contributed by atoms with Gasteiger partial charge in [-0.05, 0) is 6.07 Å². The molecule has 0 aromatic heterocycles. The molecule has 0 radical (unpaired) electrons. The summed E-state index contributed by atoms with van der Waals surface area (Å²) in [5.74, 6) is -4.70. The molecule has 1 fully saturated rings. The molecule has 0 saturated carbocycles. The first-order valence-corrected chi connectivity index (χ1v) is 6.35. The molecule has 0 atom stereocenters. The SMILES string of the molecule is NCC(=O)N1CCN(C(=O)c2cc(F)c(F)cc2F)CC1. The first kappa shape index (κ1) is 15.3. The van der Waals surface area contributed by atoms with Crippen molar-refractivity contribution >= 4 is 11.8 Å². The van der Waals surface area contributed by atoms with Gasteiger partial charge in [-0.1, -0.05) is 0 Å². The summed E-state index contributed by atoms with van der Waals surface area (Å²) in [6, 6.07) is 0.890. The second kappa shape index (κ2) is 6.13. The van der Waals surface area contributed by atoms with Gasteiger partial charge in [0.2, 0.25) is 5.91 Å². The number of carbonyl (C=O) groups excluding carboxylic acids is 2. The van der Waals surface area contributed by atoms with E-state index in [-0.39, 0.29) is 38.6 Å². The van der Waals surface area contributed by atoms with E-state index in [1.165, 1.54) is 9.80 Å². The molecule has 0 spiro atoms. The van der Waals surface area contributed by atoms with Crippen molar-refractivity contribution in [1.82, 2.24) is 9.80 Å². The minimum Gasteiger partial charge on any atom is -0.338 e. The van der Waals surface area contributed by atoms with Crippen molar-refractivity contribution in [2.45, 2.75) is 0 Å². The largest absolute Gasteiger partial charge is 0.338 e. The standard InChI is InChI=1S/C13H14F3N3O2/c14-9-6-11(16)10(15)5-8(9)13(21)19-3-1-18(2-4-19)12(20)7-17/h5-6H,1-4,7,17H2. The van der Waals surface area contributed by atoms with Crippen molar-refractivity contribution in [3.8, 4) is 0 Å². The lowest BCUT2D eigenvalue weighted by atomic mass is 10.1. The van der Waals surface area contributed by atoms with Gasteiger partial charge in [0.15, 0.2) is 11.6 Å². The highest BCUT2D eigenvalue weighted by Gasteiger charge is 2.26. The molecular weight excluding hydrogens is 287 g/mol. The smallest absolute Gasteiger partial charge is 0.257 e. The lowest BCUT2D eigenvalue weighted by Gasteiger charge is -2.34. The number of amides is 2. The normalized spacial score (nSPS) is 15.2. The van der Waals surface area contributed by atoms with Crippen LogP contribution in [-0.2, 0) is 4.79 Å². The highest BCUT2D eigenvalue weighted by molar-refractivity contribution is 5.94.